The van der Waals surface area contributed by atoms with E-state index in [9.17, 15) is 19.7 Å². The minimum Gasteiger partial charge on any atom is -0.497 e. The average molecular weight is 688 g/mol. The second kappa shape index (κ2) is 15.6. The summed E-state index contributed by atoms with van der Waals surface area (Å²) in [5.41, 5.74) is 2.50. The fourth-order valence-electron chi connectivity index (χ4n) is 5.50. The van der Waals surface area contributed by atoms with Crippen molar-refractivity contribution in [2.75, 3.05) is 27.4 Å². The van der Waals surface area contributed by atoms with Crippen molar-refractivity contribution in [3.05, 3.63) is 118 Å². The summed E-state index contributed by atoms with van der Waals surface area (Å²) < 4.78 is 30.5. The molecule has 0 bridgehead atoms. The highest BCUT2D eigenvalue weighted by atomic mass is 32.1. The van der Waals surface area contributed by atoms with Gasteiger partial charge in [0, 0.05) is 17.7 Å². The number of rotatable bonds is 14. The van der Waals surface area contributed by atoms with Crippen molar-refractivity contribution in [3.8, 4) is 23.0 Å². The zero-order valence-corrected chi connectivity index (χ0v) is 28.7. The van der Waals surface area contributed by atoms with E-state index in [0.717, 1.165) is 12.0 Å². The summed E-state index contributed by atoms with van der Waals surface area (Å²) in [6.45, 7) is 6.29. The van der Waals surface area contributed by atoms with Gasteiger partial charge in [0.15, 0.2) is 16.3 Å². The molecule has 1 aliphatic heterocycles. The van der Waals surface area contributed by atoms with Crippen LogP contribution in [0.1, 0.15) is 56.3 Å². The van der Waals surface area contributed by atoms with Gasteiger partial charge in [-0.2, -0.15) is 0 Å². The highest BCUT2D eigenvalue weighted by Gasteiger charge is 2.36. The van der Waals surface area contributed by atoms with Crippen molar-refractivity contribution >= 4 is 29.1 Å². The topological polar surface area (TPSA) is 141 Å². The number of nitrogens with zero attached hydrogens (tertiary/aromatic N) is 3. The molecule has 2 heterocycles. The zero-order chi connectivity index (χ0) is 35.1. The van der Waals surface area contributed by atoms with Crippen LogP contribution in [0.25, 0.3) is 6.08 Å². The molecule has 0 unspecified atom stereocenters. The van der Waals surface area contributed by atoms with Gasteiger partial charge in [-0.05, 0) is 79.9 Å². The number of esters is 1. The van der Waals surface area contributed by atoms with Gasteiger partial charge >= 0.3 is 5.97 Å². The second-order valence-corrected chi connectivity index (χ2v) is 11.9. The monoisotopic (exact) mass is 687 g/mol. The van der Waals surface area contributed by atoms with Crippen molar-refractivity contribution in [1.29, 1.82) is 0 Å². The number of hydrogen-bond donors (Lipinski definition) is 0. The number of nitro benzene ring substituents is 1. The van der Waals surface area contributed by atoms with Crippen molar-refractivity contribution < 1.29 is 33.4 Å². The maximum absolute atomic E-state index is 14.3. The van der Waals surface area contributed by atoms with Crippen molar-refractivity contribution in [2.45, 2.75) is 46.3 Å². The number of aromatic nitrogens is 1. The largest absolute Gasteiger partial charge is 0.497 e. The van der Waals surface area contributed by atoms with Gasteiger partial charge in [-0.3, -0.25) is 19.5 Å². The lowest BCUT2D eigenvalue weighted by atomic mass is 9.93. The van der Waals surface area contributed by atoms with Crippen LogP contribution in [0, 0.1) is 10.1 Å². The van der Waals surface area contributed by atoms with Crippen molar-refractivity contribution in [1.82, 2.24) is 4.57 Å². The average Bonchev–Trinajstić information content (AvgIpc) is 3.41. The van der Waals surface area contributed by atoms with Gasteiger partial charge in [-0.15, -0.1) is 0 Å². The van der Waals surface area contributed by atoms with Crippen LogP contribution >= 0.6 is 11.3 Å². The number of methoxy groups -OCH3 is 2. The summed E-state index contributed by atoms with van der Waals surface area (Å²) in [5, 5.41) is 11.0. The number of thiazole rings is 1. The first-order chi connectivity index (χ1) is 23.7. The normalized spacial score (nSPS) is 14.1. The molecule has 0 N–H and O–H groups in total. The van der Waals surface area contributed by atoms with Crippen LogP contribution in [0.5, 0.6) is 23.0 Å². The van der Waals surface area contributed by atoms with E-state index >= 15 is 0 Å². The molecule has 256 valence electrons. The van der Waals surface area contributed by atoms with Crippen LogP contribution in [-0.2, 0) is 16.1 Å². The van der Waals surface area contributed by atoms with E-state index < -0.39 is 16.9 Å². The van der Waals surface area contributed by atoms with Crippen molar-refractivity contribution in [2.24, 2.45) is 4.99 Å². The molecular formula is C36H37N3O9S. The highest BCUT2D eigenvalue weighted by molar-refractivity contribution is 7.07. The van der Waals surface area contributed by atoms with Crippen LogP contribution in [0.4, 0.5) is 5.69 Å². The first-order valence-electron chi connectivity index (χ1n) is 15.8. The molecule has 0 radical (unpaired) electrons. The summed E-state index contributed by atoms with van der Waals surface area (Å²) in [5.74, 6) is 1.41. The number of fused-ring (bicyclic) bond motifs is 1. The third kappa shape index (κ3) is 7.51. The SMILES string of the molecule is CCCC1=C(C(=O)OCC)[C@H](c2cc(OC)ccc2OC)n2c(s/c(=C\c3ccc(OCc4ccc([N+](=O)[O-])cc4)c(OCC)c3)c2=O)=N1. The van der Waals surface area contributed by atoms with Gasteiger partial charge in [-0.1, -0.05) is 30.7 Å². The highest BCUT2D eigenvalue weighted by Crippen LogP contribution is 2.39. The summed E-state index contributed by atoms with van der Waals surface area (Å²) in [6.07, 6.45) is 2.97. The minimum absolute atomic E-state index is 0.000968. The van der Waals surface area contributed by atoms with Gasteiger partial charge in [0.1, 0.15) is 24.1 Å². The van der Waals surface area contributed by atoms with E-state index in [4.69, 9.17) is 28.7 Å². The van der Waals surface area contributed by atoms with E-state index in [0.29, 0.717) is 62.2 Å². The molecule has 0 saturated heterocycles. The third-order valence-corrected chi connectivity index (χ3v) is 8.71. The van der Waals surface area contributed by atoms with Gasteiger partial charge < -0.3 is 23.7 Å². The third-order valence-electron chi connectivity index (χ3n) is 7.73. The number of hydrogen-bond acceptors (Lipinski definition) is 11. The number of benzene rings is 3. The predicted octanol–water partition coefficient (Wildman–Crippen LogP) is 5.48. The molecule has 13 heteroatoms. The Hall–Kier alpha value is -5.43. The Bertz CT molecular complexity index is 2070. The quantitative estimate of drug-likeness (QED) is 0.0957. The van der Waals surface area contributed by atoms with E-state index in [1.807, 2.05) is 13.8 Å². The molecule has 0 amide bonds. The molecule has 4 aromatic rings. The molecule has 3 aromatic carbocycles. The Morgan fingerprint density at radius 1 is 0.959 bits per heavy atom. The Morgan fingerprint density at radius 2 is 1.71 bits per heavy atom. The van der Waals surface area contributed by atoms with Crippen LogP contribution in [0.3, 0.4) is 0 Å². The molecule has 0 saturated carbocycles. The summed E-state index contributed by atoms with van der Waals surface area (Å²) in [4.78, 5) is 43.7. The van der Waals surface area contributed by atoms with Crippen LogP contribution in [-0.4, -0.2) is 42.9 Å². The van der Waals surface area contributed by atoms with E-state index in [1.54, 1.807) is 68.6 Å². The lowest BCUT2D eigenvalue weighted by molar-refractivity contribution is -0.384. The van der Waals surface area contributed by atoms with Gasteiger partial charge in [0.05, 0.1) is 48.2 Å². The molecule has 0 aliphatic carbocycles. The fourth-order valence-corrected chi connectivity index (χ4v) is 6.52. The number of carbonyl (C=O) groups is 1. The first-order valence-corrected chi connectivity index (χ1v) is 16.6. The van der Waals surface area contributed by atoms with Gasteiger partial charge in [-0.25, -0.2) is 9.79 Å². The molecule has 5 rings (SSSR count). The van der Waals surface area contributed by atoms with Crippen LogP contribution < -0.4 is 33.8 Å². The molecule has 0 spiro atoms. The number of non-ortho nitro benzene ring substituents is 1. The molecule has 49 heavy (non-hydrogen) atoms. The molecule has 1 aromatic heterocycles. The summed E-state index contributed by atoms with van der Waals surface area (Å²) in [6, 6.07) is 15.9. The fraction of sp³-hybridized carbons (Fsp3) is 0.306. The molecule has 1 aliphatic rings. The van der Waals surface area contributed by atoms with Gasteiger partial charge in [0.25, 0.3) is 11.2 Å². The number of allylic oxidation sites excluding steroid dienone is 1. The van der Waals surface area contributed by atoms with Crippen molar-refractivity contribution in [3.63, 3.8) is 0 Å². The summed E-state index contributed by atoms with van der Waals surface area (Å²) in [7, 11) is 3.08. The molecular weight excluding hydrogens is 650 g/mol. The Labute approximate surface area is 286 Å². The summed E-state index contributed by atoms with van der Waals surface area (Å²) >= 11 is 1.22. The standard InChI is InChI=1S/C36H37N3O9S/c1-6-9-27-32(35(41)47-8-3)33(26-20-25(44-4)15-17-28(26)45-5)38-34(40)31(49-36(38)37-27)19-23-12-16-29(30(18-23)46-7-2)48-21-22-10-13-24(14-11-22)39(42)43/h10-20,33H,6-9,21H2,1-5H3/b31-19-/t33-/m0/s1. The smallest absolute Gasteiger partial charge is 0.338 e. The van der Waals surface area contributed by atoms with E-state index in [-0.39, 0.29) is 30.0 Å². The maximum atomic E-state index is 14.3. The lowest BCUT2D eigenvalue weighted by Crippen LogP contribution is -2.40. The predicted molar refractivity (Wildman–Crippen MR) is 184 cm³/mol. The van der Waals surface area contributed by atoms with Crippen LogP contribution in [0.2, 0.25) is 0 Å². The Balaban J connectivity index is 1.60. The molecule has 1 atom stereocenters. The van der Waals surface area contributed by atoms with E-state index in [1.165, 1.54) is 35.1 Å². The molecule has 12 nitrogen and oxygen atoms in total. The number of carbonyl (C=O) groups excluding carboxylic acids is 1. The van der Waals surface area contributed by atoms with Gasteiger partial charge in [0.2, 0.25) is 0 Å². The molecule has 0 fully saturated rings. The number of ether oxygens (including phenoxy) is 5. The Morgan fingerprint density at radius 3 is 2.37 bits per heavy atom. The number of nitro groups is 1. The lowest BCUT2D eigenvalue weighted by Gasteiger charge is -2.27. The Kier molecular flexibility index (Phi) is 11.1. The second-order valence-electron chi connectivity index (χ2n) is 10.9. The minimum atomic E-state index is -0.877. The maximum Gasteiger partial charge on any atom is 0.338 e. The first kappa shape index (κ1) is 34.9. The zero-order valence-electron chi connectivity index (χ0n) is 27.9. The van der Waals surface area contributed by atoms with E-state index in [2.05, 4.69) is 0 Å². The van der Waals surface area contributed by atoms with Crippen LogP contribution in [0.15, 0.2) is 81.7 Å².